The van der Waals surface area contributed by atoms with Gasteiger partial charge in [-0.05, 0) is 42.6 Å². The number of hydrogen-bond acceptors (Lipinski definition) is 2. The molecule has 0 aliphatic carbocycles. The maximum atomic E-state index is 5.94. The first-order valence-corrected chi connectivity index (χ1v) is 5.91. The van der Waals surface area contributed by atoms with Crippen LogP contribution in [0.25, 0.3) is 0 Å². The van der Waals surface area contributed by atoms with Crippen LogP contribution in [0.4, 0.5) is 5.69 Å². The fourth-order valence-corrected chi connectivity index (χ4v) is 2.44. The van der Waals surface area contributed by atoms with E-state index in [2.05, 4.69) is 17.4 Å². The van der Waals surface area contributed by atoms with Gasteiger partial charge in [-0.25, -0.2) is 0 Å². The molecule has 1 aromatic rings. The van der Waals surface area contributed by atoms with E-state index in [1.54, 1.807) is 11.9 Å². The maximum absolute atomic E-state index is 5.94. The average molecular weight is 246 g/mol. The molecule has 74 valence electrons. The summed E-state index contributed by atoms with van der Waals surface area (Å²) in [4.78, 5) is 0. The molecule has 0 atom stereocenters. The average Bonchev–Trinajstić information content (AvgIpc) is 2.57. The van der Waals surface area contributed by atoms with Crippen LogP contribution in [0.15, 0.2) is 30.0 Å². The molecule has 0 spiro atoms. The highest BCUT2D eigenvalue weighted by molar-refractivity contribution is 8.01. The van der Waals surface area contributed by atoms with Gasteiger partial charge in [-0.3, -0.25) is 4.31 Å². The Hall–Kier alpha value is -0.310. The molecule has 2 rings (SSSR count). The van der Waals surface area contributed by atoms with E-state index in [-0.39, 0.29) is 0 Å². The number of nitrogens with zero attached hydrogens (tertiary/aromatic N) is 1. The minimum Gasteiger partial charge on any atom is -0.291 e. The fraction of sp³-hybridized carbons (Fsp3) is 0.200. The van der Waals surface area contributed by atoms with Crippen molar-refractivity contribution in [2.24, 2.45) is 0 Å². The summed E-state index contributed by atoms with van der Waals surface area (Å²) >= 11 is 13.5. The highest BCUT2D eigenvalue weighted by Gasteiger charge is 2.12. The highest BCUT2D eigenvalue weighted by Crippen LogP contribution is 2.34. The van der Waals surface area contributed by atoms with Gasteiger partial charge in [0, 0.05) is 12.0 Å². The summed E-state index contributed by atoms with van der Waals surface area (Å²) in [7, 11) is 0. The summed E-state index contributed by atoms with van der Waals surface area (Å²) in [5, 5.41) is 1.20. The molecule has 0 radical (unpaired) electrons. The number of halogens is 2. The highest BCUT2D eigenvalue weighted by atomic mass is 35.5. The Morgan fingerprint density at radius 2 is 2.07 bits per heavy atom. The number of hydrogen-bond donors (Lipinski definition) is 0. The second kappa shape index (κ2) is 4.05. The van der Waals surface area contributed by atoms with Crippen LogP contribution >= 0.6 is 35.1 Å². The minimum absolute atomic E-state index is 0.598. The molecule has 1 nitrogen and oxygen atoms in total. The van der Waals surface area contributed by atoms with Gasteiger partial charge in [0.2, 0.25) is 0 Å². The number of anilines is 1. The third-order valence-electron chi connectivity index (χ3n) is 1.93. The van der Waals surface area contributed by atoms with Gasteiger partial charge in [0.1, 0.15) is 0 Å². The van der Waals surface area contributed by atoms with E-state index in [4.69, 9.17) is 23.2 Å². The Kier molecular flexibility index (Phi) is 2.96. The molecule has 0 unspecified atom stereocenters. The lowest BCUT2D eigenvalue weighted by molar-refractivity contribution is 1.38. The number of rotatable bonds is 1. The molecule has 0 amide bonds. The molecule has 0 aromatic heterocycles. The first kappa shape index (κ1) is 10.2. The van der Waals surface area contributed by atoms with Crippen LogP contribution in [0, 0.1) is 0 Å². The van der Waals surface area contributed by atoms with Crippen molar-refractivity contribution in [2.75, 3.05) is 10.1 Å². The van der Waals surface area contributed by atoms with Gasteiger partial charge in [-0.15, -0.1) is 0 Å². The molecule has 0 saturated carbocycles. The van der Waals surface area contributed by atoms with Crippen LogP contribution in [0.5, 0.6) is 0 Å². The van der Waals surface area contributed by atoms with Crippen LogP contribution in [-0.4, -0.2) is 5.75 Å². The Bertz CT molecular complexity index is 390. The summed E-state index contributed by atoms with van der Waals surface area (Å²) in [5.74, 6) is 1.04. The van der Waals surface area contributed by atoms with Gasteiger partial charge in [0.15, 0.2) is 0 Å². The van der Waals surface area contributed by atoms with Crippen LogP contribution in [0.1, 0.15) is 6.92 Å². The Morgan fingerprint density at radius 3 is 2.64 bits per heavy atom. The molecule has 0 bridgehead atoms. The van der Waals surface area contributed by atoms with E-state index >= 15 is 0 Å². The maximum Gasteiger partial charge on any atom is 0.0613 e. The second-order valence-electron chi connectivity index (χ2n) is 3.17. The standard InChI is InChI=1S/C10H9Cl2NS/c1-7-5-13(14-6-7)8-2-3-9(11)10(12)4-8/h2-5H,6H2,1H3. The third kappa shape index (κ3) is 2.02. The third-order valence-corrected chi connectivity index (χ3v) is 3.84. The second-order valence-corrected chi connectivity index (χ2v) is 4.93. The van der Waals surface area contributed by atoms with E-state index in [0.29, 0.717) is 10.0 Å². The summed E-state index contributed by atoms with van der Waals surface area (Å²) in [6.45, 7) is 2.12. The van der Waals surface area contributed by atoms with Crippen LogP contribution < -0.4 is 4.31 Å². The quantitative estimate of drug-likeness (QED) is 0.677. The van der Waals surface area contributed by atoms with E-state index in [9.17, 15) is 0 Å². The van der Waals surface area contributed by atoms with Crippen molar-refractivity contribution in [3.05, 3.63) is 40.0 Å². The molecule has 1 aromatic carbocycles. The van der Waals surface area contributed by atoms with Crippen LogP contribution in [-0.2, 0) is 0 Å². The first-order valence-electron chi connectivity index (χ1n) is 4.21. The molecular weight excluding hydrogens is 237 g/mol. The zero-order chi connectivity index (χ0) is 10.1. The van der Waals surface area contributed by atoms with Crippen molar-refractivity contribution in [2.45, 2.75) is 6.92 Å². The van der Waals surface area contributed by atoms with Crippen molar-refractivity contribution >= 4 is 40.8 Å². The van der Waals surface area contributed by atoms with Gasteiger partial charge in [-0.1, -0.05) is 23.2 Å². The van der Waals surface area contributed by atoms with E-state index in [1.165, 1.54) is 5.57 Å². The molecule has 0 saturated heterocycles. The molecule has 0 fully saturated rings. The first-order chi connectivity index (χ1) is 6.66. The summed E-state index contributed by atoms with van der Waals surface area (Å²) in [5.41, 5.74) is 2.43. The van der Waals surface area contributed by atoms with Crippen molar-refractivity contribution in [1.82, 2.24) is 0 Å². The zero-order valence-electron chi connectivity index (χ0n) is 7.63. The van der Waals surface area contributed by atoms with E-state index < -0.39 is 0 Å². The largest absolute Gasteiger partial charge is 0.291 e. The molecule has 0 N–H and O–H groups in total. The lowest BCUT2D eigenvalue weighted by Crippen LogP contribution is -2.00. The molecular formula is C10H9Cl2NS. The van der Waals surface area contributed by atoms with Crippen molar-refractivity contribution in [3.8, 4) is 0 Å². The monoisotopic (exact) mass is 245 g/mol. The number of benzene rings is 1. The van der Waals surface area contributed by atoms with Gasteiger partial charge >= 0.3 is 0 Å². The predicted octanol–water partition coefficient (Wildman–Crippen LogP) is 4.37. The summed E-state index contributed by atoms with van der Waals surface area (Å²) in [6.07, 6.45) is 2.12. The summed E-state index contributed by atoms with van der Waals surface area (Å²) in [6, 6.07) is 5.67. The molecule has 4 heteroatoms. The molecule has 1 aliphatic heterocycles. The van der Waals surface area contributed by atoms with Gasteiger partial charge < -0.3 is 0 Å². The van der Waals surface area contributed by atoms with Crippen LogP contribution in [0.3, 0.4) is 0 Å². The van der Waals surface area contributed by atoms with Gasteiger partial charge in [0.25, 0.3) is 0 Å². The van der Waals surface area contributed by atoms with Crippen molar-refractivity contribution < 1.29 is 0 Å². The van der Waals surface area contributed by atoms with Crippen LogP contribution in [0.2, 0.25) is 10.0 Å². The van der Waals surface area contributed by atoms with Crippen molar-refractivity contribution in [3.63, 3.8) is 0 Å². The van der Waals surface area contributed by atoms with Gasteiger partial charge in [-0.2, -0.15) is 0 Å². The Morgan fingerprint density at radius 1 is 1.29 bits per heavy atom. The topological polar surface area (TPSA) is 3.24 Å². The fourth-order valence-electron chi connectivity index (χ4n) is 1.22. The van der Waals surface area contributed by atoms with Crippen molar-refractivity contribution in [1.29, 1.82) is 0 Å². The predicted molar refractivity (Wildman–Crippen MR) is 65.2 cm³/mol. The summed E-state index contributed by atoms with van der Waals surface area (Å²) < 4.78 is 2.11. The Labute approximate surface area is 97.8 Å². The minimum atomic E-state index is 0.598. The Balaban J connectivity index is 2.29. The lowest BCUT2D eigenvalue weighted by atomic mass is 10.3. The smallest absolute Gasteiger partial charge is 0.0613 e. The van der Waals surface area contributed by atoms with E-state index in [0.717, 1.165) is 11.4 Å². The molecule has 1 heterocycles. The van der Waals surface area contributed by atoms with E-state index in [1.807, 2.05) is 18.2 Å². The normalized spacial score (nSPS) is 15.9. The van der Waals surface area contributed by atoms with Gasteiger partial charge in [0.05, 0.1) is 15.7 Å². The SMILES string of the molecule is CC1=CN(c2ccc(Cl)c(Cl)c2)SC1. The lowest BCUT2D eigenvalue weighted by Gasteiger charge is -2.14. The molecule has 1 aliphatic rings. The zero-order valence-corrected chi connectivity index (χ0v) is 9.96. The molecule has 14 heavy (non-hydrogen) atoms.